The molecule has 136 valence electrons. The van der Waals surface area contributed by atoms with E-state index in [2.05, 4.69) is 24.0 Å². The summed E-state index contributed by atoms with van der Waals surface area (Å²) in [6.07, 6.45) is 7.70. The largest absolute Gasteiger partial charge is 0.450 e. The molecular formula is C20H29N3O2. The summed E-state index contributed by atoms with van der Waals surface area (Å²) in [6.45, 7) is 2.60. The minimum atomic E-state index is -0.701. The predicted molar refractivity (Wildman–Crippen MR) is 102 cm³/mol. The maximum absolute atomic E-state index is 10.5. The molecule has 1 heterocycles. The third-order valence-corrected chi connectivity index (χ3v) is 4.45. The van der Waals surface area contributed by atoms with Gasteiger partial charge in [0, 0.05) is 5.39 Å². The van der Waals surface area contributed by atoms with Crippen molar-refractivity contribution in [2.45, 2.75) is 58.3 Å². The fourth-order valence-electron chi connectivity index (χ4n) is 3.06. The molecule has 0 aliphatic rings. The second kappa shape index (κ2) is 9.87. The highest BCUT2D eigenvalue weighted by molar-refractivity contribution is 5.84. The van der Waals surface area contributed by atoms with Gasteiger partial charge in [0.05, 0.1) is 12.1 Å². The molecule has 1 amide bonds. The van der Waals surface area contributed by atoms with Crippen LogP contribution >= 0.6 is 0 Å². The van der Waals surface area contributed by atoms with Crippen LogP contribution in [0.15, 0.2) is 24.3 Å². The molecule has 5 heteroatoms. The molecule has 0 spiro atoms. The smallest absolute Gasteiger partial charge is 0.404 e. The fraction of sp³-hybridized carbons (Fsp3) is 0.500. The first kappa shape index (κ1) is 19.0. The molecule has 1 aromatic carbocycles. The molecule has 2 aromatic rings. The Morgan fingerprint density at radius 1 is 1.08 bits per heavy atom. The van der Waals surface area contributed by atoms with E-state index >= 15 is 0 Å². The van der Waals surface area contributed by atoms with Crippen molar-refractivity contribution in [3.05, 3.63) is 35.4 Å². The van der Waals surface area contributed by atoms with E-state index in [4.69, 9.17) is 16.2 Å². The molecule has 5 nitrogen and oxygen atoms in total. The van der Waals surface area contributed by atoms with Gasteiger partial charge in [0.1, 0.15) is 5.82 Å². The number of nitrogen functional groups attached to an aromatic ring is 1. The Bertz CT molecular complexity index is 701. The second-order valence-electron chi connectivity index (χ2n) is 6.45. The number of aromatic nitrogens is 1. The summed E-state index contributed by atoms with van der Waals surface area (Å²) in [7, 11) is 0. The molecule has 0 fully saturated rings. The Morgan fingerprint density at radius 3 is 2.60 bits per heavy atom. The third kappa shape index (κ3) is 5.93. The van der Waals surface area contributed by atoms with Crippen molar-refractivity contribution in [2.75, 3.05) is 12.3 Å². The summed E-state index contributed by atoms with van der Waals surface area (Å²) in [5, 5.41) is 1.21. The van der Waals surface area contributed by atoms with Gasteiger partial charge in [-0.25, -0.2) is 9.78 Å². The number of primary amides is 1. The Hall–Kier alpha value is -2.30. The average Bonchev–Trinajstić information content (AvgIpc) is 2.58. The van der Waals surface area contributed by atoms with Crippen molar-refractivity contribution in [3.63, 3.8) is 0 Å². The maximum Gasteiger partial charge on any atom is 0.404 e. The minimum absolute atomic E-state index is 0.393. The van der Waals surface area contributed by atoms with Crippen LogP contribution < -0.4 is 11.5 Å². The number of aryl methyl sites for hydroxylation is 2. The Kier molecular flexibility index (Phi) is 7.51. The molecule has 2 rings (SSSR count). The van der Waals surface area contributed by atoms with Crippen LogP contribution in [-0.2, 0) is 17.6 Å². The first-order valence-corrected chi connectivity index (χ1v) is 9.21. The van der Waals surface area contributed by atoms with E-state index in [-0.39, 0.29) is 0 Å². The molecule has 0 bridgehead atoms. The van der Waals surface area contributed by atoms with Crippen LogP contribution in [0.5, 0.6) is 0 Å². The molecular weight excluding hydrogens is 314 g/mol. The molecule has 0 unspecified atom stereocenters. The summed E-state index contributed by atoms with van der Waals surface area (Å²) in [5.74, 6) is 0.657. The van der Waals surface area contributed by atoms with Gasteiger partial charge in [0.2, 0.25) is 0 Å². The third-order valence-electron chi connectivity index (χ3n) is 4.45. The second-order valence-corrected chi connectivity index (χ2v) is 6.45. The van der Waals surface area contributed by atoms with Gasteiger partial charge >= 0.3 is 6.09 Å². The van der Waals surface area contributed by atoms with Gasteiger partial charge in [-0.3, -0.25) is 0 Å². The number of fused-ring (bicyclic) bond motifs is 1. The summed E-state index contributed by atoms with van der Waals surface area (Å²) in [5.41, 5.74) is 14.5. The van der Waals surface area contributed by atoms with E-state index in [9.17, 15) is 4.79 Å². The number of amides is 1. The molecule has 0 saturated heterocycles. The normalized spacial score (nSPS) is 10.9. The lowest BCUT2D eigenvalue weighted by atomic mass is 9.99. The lowest BCUT2D eigenvalue weighted by Crippen LogP contribution is -2.13. The van der Waals surface area contributed by atoms with Gasteiger partial charge in [-0.2, -0.15) is 0 Å². The number of nitrogens with zero attached hydrogens (tertiary/aromatic N) is 1. The molecule has 0 aliphatic heterocycles. The zero-order valence-corrected chi connectivity index (χ0v) is 15.1. The summed E-state index contributed by atoms with van der Waals surface area (Å²) >= 11 is 0. The highest BCUT2D eigenvalue weighted by atomic mass is 16.5. The lowest BCUT2D eigenvalue weighted by molar-refractivity contribution is 0.154. The summed E-state index contributed by atoms with van der Waals surface area (Å²) in [6, 6.07) is 8.44. The van der Waals surface area contributed by atoms with E-state index in [1.54, 1.807) is 0 Å². The van der Waals surface area contributed by atoms with Gasteiger partial charge in [0.25, 0.3) is 0 Å². The topological polar surface area (TPSA) is 91.2 Å². The van der Waals surface area contributed by atoms with Crippen LogP contribution in [0.4, 0.5) is 10.6 Å². The van der Waals surface area contributed by atoms with Gasteiger partial charge in [-0.1, -0.05) is 31.9 Å². The molecule has 4 N–H and O–H groups in total. The number of carbonyl (C=O) groups is 1. The molecule has 0 saturated carbocycles. The van der Waals surface area contributed by atoms with Crippen molar-refractivity contribution >= 4 is 22.8 Å². The molecule has 0 aliphatic carbocycles. The molecule has 0 atom stereocenters. The highest BCUT2D eigenvalue weighted by Crippen LogP contribution is 2.24. The summed E-state index contributed by atoms with van der Waals surface area (Å²) < 4.78 is 4.75. The van der Waals surface area contributed by atoms with E-state index in [0.717, 1.165) is 49.6 Å². The molecule has 0 radical (unpaired) electrons. The maximum atomic E-state index is 10.5. The number of carbonyl (C=O) groups excluding carboxylic acids is 1. The van der Waals surface area contributed by atoms with Gasteiger partial charge < -0.3 is 16.2 Å². The fourth-order valence-corrected chi connectivity index (χ4v) is 3.06. The van der Waals surface area contributed by atoms with Crippen LogP contribution in [0.2, 0.25) is 0 Å². The first-order chi connectivity index (χ1) is 12.1. The predicted octanol–water partition coefficient (Wildman–Crippen LogP) is 4.36. The first-order valence-electron chi connectivity index (χ1n) is 9.21. The number of hydrogen-bond acceptors (Lipinski definition) is 4. The number of ether oxygens (including phenoxy) is 1. The Balaban J connectivity index is 2.01. The Morgan fingerprint density at radius 2 is 1.84 bits per heavy atom. The van der Waals surface area contributed by atoms with Gasteiger partial charge in [0.15, 0.2) is 0 Å². The van der Waals surface area contributed by atoms with E-state index in [1.165, 1.54) is 23.8 Å². The average molecular weight is 343 g/mol. The van der Waals surface area contributed by atoms with Crippen molar-refractivity contribution < 1.29 is 9.53 Å². The van der Waals surface area contributed by atoms with Crippen molar-refractivity contribution in [2.24, 2.45) is 5.73 Å². The quantitative estimate of drug-likeness (QED) is 0.627. The minimum Gasteiger partial charge on any atom is -0.450 e. The van der Waals surface area contributed by atoms with Crippen LogP contribution in [0.1, 0.15) is 56.6 Å². The van der Waals surface area contributed by atoms with Crippen LogP contribution in [0, 0.1) is 0 Å². The van der Waals surface area contributed by atoms with Crippen LogP contribution in [0.25, 0.3) is 10.9 Å². The number of unbranched alkanes of at least 4 members (excludes halogenated alkanes) is 4. The Labute approximate surface area is 149 Å². The molecule has 25 heavy (non-hydrogen) atoms. The number of rotatable bonds is 10. The van der Waals surface area contributed by atoms with E-state index in [0.29, 0.717) is 12.4 Å². The van der Waals surface area contributed by atoms with E-state index < -0.39 is 6.09 Å². The monoisotopic (exact) mass is 343 g/mol. The summed E-state index contributed by atoms with van der Waals surface area (Å²) in [4.78, 5) is 15.1. The zero-order valence-electron chi connectivity index (χ0n) is 15.1. The van der Waals surface area contributed by atoms with Crippen molar-refractivity contribution in [1.82, 2.24) is 4.98 Å². The van der Waals surface area contributed by atoms with Crippen molar-refractivity contribution in [1.29, 1.82) is 0 Å². The standard InChI is InChI=1S/C20H29N3O2/c1-2-3-5-10-16-14-17-15(9-6-4-7-13-25-20(22)24)11-8-12-18(17)23-19(16)21/h8,11-12,14H,2-7,9-10,13H2,1H3,(H2,21,23)(H2,22,24). The van der Waals surface area contributed by atoms with Crippen LogP contribution in [0.3, 0.4) is 0 Å². The van der Waals surface area contributed by atoms with Gasteiger partial charge in [-0.05, 0) is 61.8 Å². The lowest BCUT2D eigenvalue weighted by Gasteiger charge is -2.11. The van der Waals surface area contributed by atoms with Crippen LogP contribution in [-0.4, -0.2) is 17.7 Å². The van der Waals surface area contributed by atoms with Crippen molar-refractivity contribution in [3.8, 4) is 0 Å². The van der Waals surface area contributed by atoms with E-state index in [1.807, 2.05) is 12.1 Å². The number of nitrogens with two attached hydrogens (primary N) is 2. The highest BCUT2D eigenvalue weighted by Gasteiger charge is 2.08. The number of pyridine rings is 1. The number of benzene rings is 1. The number of hydrogen-bond donors (Lipinski definition) is 2. The molecule has 1 aromatic heterocycles. The number of anilines is 1. The van der Waals surface area contributed by atoms with Gasteiger partial charge in [-0.15, -0.1) is 0 Å². The SMILES string of the molecule is CCCCCc1cc2c(CCCCCOC(N)=O)cccc2nc1N. The zero-order chi connectivity index (χ0) is 18.1.